The molecule has 26 heavy (non-hydrogen) atoms. The van der Waals surface area contributed by atoms with E-state index < -0.39 is 6.04 Å². The number of aromatic nitrogens is 3. The van der Waals surface area contributed by atoms with Crippen molar-refractivity contribution >= 4 is 35.4 Å². The van der Waals surface area contributed by atoms with Crippen LogP contribution in [0.25, 0.3) is 0 Å². The van der Waals surface area contributed by atoms with Gasteiger partial charge < -0.3 is 9.80 Å². The second-order valence-corrected chi connectivity index (χ2v) is 6.40. The molecule has 9 nitrogen and oxygen atoms in total. The van der Waals surface area contributed by atoms with Crippen LogP contribution in [0.3, 0.4) is 0 Å². The average Bonchev–Trinajstić information content (AvgIpc) is 2.84. The largest absolute Gasteiger partial charge is 0.347 e. The summed E-state index contributed by atoms with van der Waals surface area (Å²) in [6, 6.07) is 8.54. The van der Waals surface area contributed by atoms with E-state index >= 15 is 0 Å². The van der Waals surface area contributed by atoms with Crippen molar-refractivity contribution in [2.45, 2.75) is 13.0 Å². The molecule has 1 aromatic heterocycles. The number of rotatable bonds is 4. The number of nitrogens with one attached hydrogen (secondary N) is 1. The van der Waals surface area contributed by atoms with Gasteiger partial charge in [-0.1, -0.05) is 18.2 Å². The van der Waals surface area contributed by atoms with Crippen molar-refractivity contribution in [2.24, 2.45) is 0 Å². The van der Waals surface area contributed by atoms with E-state index in [9.17, 15) is 4.79 Å². The lowest BCUT2D eigenvalue weighted by molar-refractivity contribution is -0.117. The Morgan fingerprint density at radius 1 is 0.962 bits per heavy atom. The van der Waals surface area contributed by atoms with Crippen molar-refractivity contribution in [1.29, 1.82) is 5.41 Å². The van der Waals surface area contributed by atoms with Crippen LogP contribution in [-0.2, 0) is 4.79 Å². The van der Waals surface area contributed by atoms with Crippen LogP contribution in [0.5, 0.6) is 0 Å². The van der Waals surface area contributed by atoms with Gasteiger partial charge in [-0.2, -0.15) is 15.0 Å². The lowest BCUT2D eigenvalue weighted by Gasteiger charge is -2.23. The molecule has 1 N–H and O–H groups in total. The quantitative estimate of drug-likeness (QED) is 0.881. The van der Waals surface area contributed by atoms with E-state index in [1.165, 1.54) is 9.80 Å². The summed E-state index contributed by atoms with van der Waals surface area (Å²) in [5.74, 6) is 1.03. The van der Waals surface area contributed by atoms with Crippen molar-refractivity contribution in [3.63, 3.8) is 0 Å². The van der Waals surface area contributed by atoms with E-state index in [0.29, 0.717) is 17.6 Å². The number of amides is 1. The van der Waals surface area contributed by atoms with Gasteiger partial charge in [-0.05, 0) is 19.1 Å². The predicted molar refractivity (Wildman–Crippen MR) is 102 cm³/mol. The van der Waals surface area contributed by atoms with Gasteiger partial charge in [0, 0.05) is 28.2 Å². The molecule has 9 heteroatoms. The summed E-state index contributed by atoms with van der Waals surface area (Å²) in [6.45, 7) is 1.74. The summed E-state index contributed by atoms with van der Waals surface area (Å²) >= 11 is 0. The Balaban J connectivity index is 2.06. The molecule has 3 rings (SSSR count). The molecular weight excluding hydrogens is 332 g/mol. The van der Waals surface area contributed by atoms with Crippen LogP contribution in [0.15, 0.2) is 30.3 Å². The van der Waals surface area contributed by atoms with Crippen molar-refractivity contribution in [3.05, 3.63) is 30.3 Å². The molecule has 1 aliphatic rings. The van der Waals surface area contributed by atoms with Crippen molar-refractivity contribution in [2.75, 3.05) is 47.8 Å². The summed E-state index contributed by atoms with van der Waals surface area (Å²) in [5.41, 5.74) is 0.645. The third kappa shape index (κ3) is 2.92. The minimum absolute atomic E-state index is 0.0225. The lowest BCUT2D eigenvalue weighted by Crippen LogP contribution is -2.36. The summed E-state index contributed by atoms with van der Waals surface area (Å²) in [7, 11) is 7.33. The number of para-hydroxylation sites is 1. The van der Waals surface area contributed by atoms with E-state index in [1.54, 1.807) is 28.9 Å². The molecule has 1 amide bonds. The van der Waals surface area contributed by atoms with Crippen LogP contribution in [0.4, 0.5) is 23.5 Å². The van der Waals surface area contributed by atoms with Crippen molar-refractivity contribution < 1.29 is 4.79 Å². The molecule has 2 heterocycles. The van der Waals surface area contributed by atoms with Crippen molar-refractivity contribution in [3.8, 4) is 0 Å². The van der Waals surface area contributed by atoms with E-state index in [2.05, 4.69) is 15.0 Å². The smallest absolute Gasteiger partial charge is 0.256 e. The molecule has 136 valence electrons. The Morgan fingerprint density at radius 3 is 2.00 bits per heavy atom. The Hall–Kier alpha value is -3.23. The highest BCUT2D eigenvalue weighted by atomic mass is 16.2. The fourth-order valence-corrected chi connectivity index (χ4v) is 2.64. The fourth-order valence-electron chi connectivity index (χ4n) is 2.64. The van der Waals surface area contributed by atoms with Crippen molar-refractivity contribution in [1.82, 2.24) is 15.0 Å². The molecule has 0 bridgehead atoms. The van der Waals surface area contributed by atoms with Crippen LogP contribution >= 0.6 is 0 Å². The van der Waals surface area contributed by atoms with Gasteiger partial charge in [0.05, 0.1) is 5.69 Å². The molecule has 1 fully saturated rings. The van der Waals surface area contributed by atoms with Crippen LogP contribution in [0.1, 0.15) is 6.92 Å². The number of hydrogen-bond donors (Lipinski definition) is 1. The third-order valence-electron chi connectivity index (χ3n) is 4.03. The van der Waals surface area contributed by atoms with E-state index in [4.69, 9.17) is 5.41 Å². The minimum atomic E-state index is -0.588. The number of benzene rings is 1. The molecule has 1 atom stereocenters. The van der Waals surface area contributed by atoms with E-state index in [1.807, 2.05) is 46.4 Å². The molecule has 1 aromatic carbocycles. The summed E-state index contributed by atoms with van der Waals surface area (Å²) < 4.78 is 0. The highest BCUT2D eigenvalue weighted by Gasteiger charge is 2.43. The number of anilines is 4. The van der Waals surface area contributed by atoms with Crippen LogP contribution < -0.4 is 19.6 Å². The summed E-state index contributed by atoms with van der Waals surface area (Å²) in [5, 5.41) is 8.56. The van der Waals surface area contributed by atoms with Gasteiger partial charge in [0.15, 0.2) is 0 Å². The first-order valence-corrected chi connectivity index (χ1v) is 8.18. The summed E-state index contributed by atoms with van der Waals surface area (Å²) in [4.78, 5) is 32.5. The van der Waals surface area contributed by atoms with E-state index in [-0.39, 0.29) is 17.8 Å². The zero-order valence-electron chi connectivity index (χ0n) is 15.5. The van der Waals surface area contributed by atoms with Gasteiger partial charge in [0.1, 0.15) is 6.04 Å². The van der Waals surface area contributed by atoms with Gasteiger partial charge in [0.25, 0.3) is 5.91 Å². The molecular formula is C17H22N8O. The monoisotopic (exact) mass is 354 g/mol. The number of hydrogen-bond acceptors (Lipinski definition) is 7. The highest BCUT2D eigenvalue weighted by molar-refractivity contribution is 6.28. The molecule has 1 aliphatic heterocycles. The number of carbonyl (C=O) groups excluding carboxylic acids is 1. The van der Waals surface area contributed by atoms with Crippen LogP contribution in [0, 0.1) is 5.41 Å². The Morgan fingerprint density at radius 2 is 1.50 bits per heavy atom. The minimum Gasteiger partial charge on any atom is -0.347 e. The first kappa shape index (κ1) is 17.6. The molecule has 0 aliphatic carbocycles. The topological polar surface area (TPSA) is 92.6 Å². The second-order valence-electron chi connectivity index (χ2n) is 6.40. The maximum atomic E-state index is 12.8. The molecule has 1 saturated heterocycles. The molecule has 2 aromatic rings. The van der Waals surface area contributed by atoms with Gasteiger partial charge in [-0.3, -0.25) is 15.1 Å². The zero-order chi connectivity index (χ0) is 19.0. The molecule has 0 radical (unpaired) electrons. The number of guanidine groups is 1. The fraction of sp³-hybridized carbons (Fsp3) is 0.353. The Bertz CT molecular complexity index is 810. The Labute approximate surface area is 152 Å². The maximum absolute atomic E-state index is 12.8. The predicted octanol–water partition coefficient (Wildman–Crippen LogP) is 1.18. The maximum Gasteiger partial charge on any atom is 0.256 e. The molecule has 0 spiro atoms. The highest BCUT2D eigenvalue weighted by Crippen LogP contribution is 2.28. The summed E-state index contributed by atoms with van der Waals surface area (Å²) in [6.07, 6.45) is 0. The van der Waals surface area contributed by atoms with Crippen LogP contribution in [0.2, 0.25) is 0 Å². The van der Waals surface area contributed by atoms with E-state index in [0.717, 1.165) is 0 Å². The number of carbonyl (C=O) groups is 1. The van der Waals surface area contributed by atoms with Crippen LogP contribution in [-0.4, -0.2) is 61.1 Å². The van der Waals surface area contributed by atoms with Gasteiger partial charge in [0.2, 0.25) is 23.8 Å². The SMILES string of the molecule is C[C@H]1C(=O)N(c2ccccc2)C(=N)N1c1nc(N(C)C)nc(N(C)C)n1. The molecule has 0 unspecified atom stereocenters. The number of nitrogens with zero attached hydrogens (tertiary/aromatic N) is 7. The van der Waals surface area contributed by atoms with Gasteiger partial charge in [-0.25, -0.2) is 4.90 Å². The standard InChI is InChI=1S/C17H22N8O/c1-11-13(26)25(12-9-7-6-8-10-12)14(18)24(11)17-20-15(22(2)3)19-16(21-17)23(4)5/h6-11,18H,1-5H3/t11-/m0/s1. The lowest BCUT2D eigenvalue weighted by atomic mass is 10.2. The zero-order valence-corrected chi connectivity index (χ0v) is 15.5. The molecule has 0 saturated carbocycles. The third-order valence-corrected chi connectivity index (χ3v) is 4.03. The second kappa shape index (κ2) is 6.58. The normalized spacial score (nSPS) is 17.0. The first-order valence-electron chi connectivity index (χ1n) is 8.18. The van der Waals surface area contributed by atoms with Gasteiger partial charge >= 0.3 is 0 Å². The van der Waals surface area contributed by atoms with Gasteiger partial charge in [-0.15, -0.1) is 0 Å². The average molecular weight is 354 g/mol. The Kier molecular flexibility index (Phi) is 4.45. The first-order chi connectivity index (χ1) is 12.3.